The predicted molar refractivity (Wildman–Crippen MR) is 139 cm³/mol. The number of Topliss-reactive ketones (excluding diaryl/α,β-unsaturated/α-hetero) is 1. The van der Waals surface area contributed by atoms with Crippen LogP contribution in [0.25, 0.3) is 11.1 Å². The molecule has 2 N–H and O–H groups in total. The Kier molecular flexibility index (Phi) is 9.32. The van der Waals surface area contributed by atoms with E-state index < -0.39 is 23.8 Å². The number of alkyl halides is 1. The summed E-state index contributed by atoms with van der Waals surface area (Å²) in [5, 5.41) is 5.55. The van der Waals surface area contributed by atoms with Crippen LogP contribution in [0.5, 0.6) is 0 Å². The van der Waals surface area contributed by atoms with Crippen LogP contribution in [0.3, 0.4) is 0 Å². The van der Waals surface area contributed by atoms with Gasteiger partial charge in [0.15, 0.2) is 5.78 Å². The van der Waals surface area contributed by atoms with Gasteiger partial charge in [-0.05, 0) is 62.3 Å². The molecule has 8 heteroatoms. The number of nitrogens with one attached hydrogen (secondary N) is 2. The Bertz CT molecular complexity index is 1000. The van der Waals surface area contributed by atoms with Crippen LogP contribution in [0.15, 0.2) is 48.5 Å². The van der Waals surface area contributed by atoms with Crippen LogP contribution in [0.1, 0.15) is 57.1 Å². The minimum absolute atomic E-state index is 0.0441. The lowest BCUT2D eigenvalue weighted by Gasteiger charge is -2.20. The highest BCUT2D eigenvalue weighted by Gasteiger charge is 2.29. The third kappa shape index (κ3) is 7.56. The number of hydrogen-bond acceptors (Lipinski definition) is 5. The summed E-state index contributed by atoms with van der Waals surface area (Å²) in [5.74, 6) is -0.170. The minimum atomic E-state index is -0.661. The van der Waals surface area contributed by atoms with E-state index >= 15 is 0 Å². The monoisotopic (exact) mass is 544 g/mol. The molecule has 0 heterocycles. The SMILES string of the molecule is CC(C)(C)OC(=O)NCCCCC(NC(=O)OCC1c2ccccc2-c2ccccc21)C(=O)CBr. The molecule has 2 amide bonds. The van der Waals surface area contributed by atoms with Gasteiger partial charge in [-0.1, -0.05) is 64.5 Å². The standard InChI is InChI=1S/C27H33BrN2O5/c1-27(2,3)35-25(32)29-15-9-8-14-23(24(31)16-28)30-26(33)34-17-22-20-12-6-4-10-18(20)19-11-5-7-13-21(19)22/h4-7,10-13,22-23H,8-9,14-17H2,1-3H3,(H,29,32)(H,30,33). The number of fused-ring (bicyclic) bond motifs is 3. The van der Waals surface area contributed by atoms with Gasteiger partial charge in [-0.25, -0.2) is 9.59 Å². The van der Waals surface area contributed by atoms with Crippen molar-refractivity contribution in [3.63, 3.8) is 0 Å². The highest BCUT2D eigenvalue weighted by atomic mass is 79.9. The van der Waals surface area contributed by atoms with E-state index in [2.05, 4.69) is 50.8 Å². The molecule has 0 spiro atoms. The fraction of sp³-hybridized carbons (Fsp3) is 0.444. The van der Waals surface area contributed by atoms with E-state index in [4.69, 9.17) is 9.47 Å². The van der Waals surface area contributed by atoms with Crippen molar-refractivity contribution in [2.75, 3.05) is 18.5 Å². The fourth-order valence-electron chi connectivity index (χ4n) is 4.17. The van der Waals surface area contributed by atoms with Gasteiger partial charge in [0, 0.05) is 12.5 Å². The number of ether oxygens (including phenoxy) is 2. The predicted octanol–water partition coefficient (Wildman–Crippen LogP) is 5.55. The molecule has 2 aromatic rings. The summed E-state index contributed by atoms with van der Waals surface area (Å²) in [4.78, 5) is 36.7. The van der Waals surface area contributed by atoms with Crippen molar-refractivity contribution >= 4 is 33.9 Å². The van der Waals surface area contributed by atoms with Crippen molar-refractivity contribution in [3.8, 4) is 11.1 Å². The smallest absolute Gasteiger partial charge is 0.407 e. The van der Waals surface area contributed by atoms with Crippen LogP contribution in [0, 0.1) is 0 Å². The molecule has 1 aliphatic carbocycles. The maximum atomic E-state index is 12.6. The molecule has 1 aliphatic rings. The molecule has 3 rings (SSSR count). The van der Waals surface area contributed by atoms with Crippen LogP contribution in [-0.2, 0) is 14.3 Å². The van der Waals surface area contributed by atoms with E-state index in [1.165, 1.54) is 0 Å². The van der Waals surface area contributed by atoms with Gasteiger partial charge in [0.2, 0.25) is 0 Å². The Labute approximate surface area is 215 Å². The Morgan fingerprint density at radius 1 is 0.943 bits per heavy atom. The number of hydrogen-bond donors (Lipinski definition) is 2. The first-order valence-electron chi connectivity index (χ1n) is 11.9. The zero-order chi connectivity index (χ0) is 25.4. The second-order valence-corrected chi connectivity index (χ2v) is 10.1. The third-order valence-electron chi connectivity index (χ3n) is 5.74. The fourth-order valence-corrected chi connectivity index (χ4v) is 4.56. The number of alkyl carbamates (subject to hydrolysis) is 2. The van der Waals surface area contributed by atoms with Crippen molar-refractivity contribution in [1.29, 1.82) is 0 Å². The van der Waals surface area contributed by atoms with Crippen LogP contribution in [-0.4, -0.2) is 48.1 Å². The molecule has 0 aliphatic heterocycles. The Morgan fingerprint density at radius 3 is 2.11 bits per heavy atom. The van der Waals surface area contributed by atoms with Gasteiger partial charge < -0.3 is 20.1 Å². The van der Waals surface area contributed by atoms with Crippen molar-refractivity contribution in [3.05, 3.63) is 59.7 Å². The summed E-state index contributed by atoms with van der Waals surface area (Å²) < 4.78 is 10.8. The number of carbonyl (C=O) groups is 3. The average molecular weight is 545 g/mol. The summed E-state index contributed by atoms with van der Waals surface area (Å²) in [6, 6.07) is 15.6. The number of unbranched alkanes of at least 4 members (excludes halogenated alkanes) is 1. The van der Waals surface area contributed by atoms with Crippen LogP contribution in [0.4, 0.5) is 9.59 Å². The molecular weight excluding hydrogens is 512 g/mol. The molecule has 0 aromatic heterocycles. The summed E-state index contributed by atoms with van der Waals surface area (Å²) in [6.45, 7) is 6.03. The second kappa shape index (κ2) is 12.2. The summed E-state index contributed by atoms with van der Waals surface area (Å²) in [6.07, 6.45) is 0.658. The van der Waals surface area contributed by atoms with E-state index in [0.29, 0.717) is 25.8 Å². The molecule has 1 unspecified atom stereocenters. The molecule has 0 radical (unpaired) electrons. The molecule has 1 atom stereocenters. The van der Waals surface area contributed by atoms with Gasteiger partial charge in [-0.15, -0.1) is 0 Å². The first-order chi connectivity index (χ1) is 16.7. The first kappa shape index (κ1) is 26.7. The van der Waals surface area contributed by atoms with Crippen molar-refractivity contribution in [2.24, 2.45) is 0 Å². The number of benzene rings is 2. The highest BCUT2D eigenvalue weighted by molar-refractivity contribution is 9.09. The minimum Gasteiger partial charge on any atom is -0.449 e. The number of carbonyl (C=O) groups excluding carboxylic acids is 3. The number of halogens is 1. The zero-order valence-electron chi connectivity index (χ0n) is 20.4. The van der Waals surface area contributed by atoms with Crippen molar-refractivity contribution in [2.45, 2.75) is 57.6 Å². The number of amides is 2. The van der Waals surface area contributed by atoms with E-state index in [1.807, 2.05) is 24.3 Å². The van der Waals surface area contributed by atoms with Gasteiger partial charge >= 0.3 is 12.2 Å². The number of rotatable bonds is 10. The number of ketones is 1. The van der Waals surface area contributed by atoms with Crippen molar-refractivity contribution in [1.82, 2.24) is 10.6 Å². The molecule has 2 aromatic carbocycles. The maximum absolute atomic E-state index is 12.6. The lowest BCUT2D eigenvalue weighted by atomic mass is 9.98. The Hall–Kier alpha value is -2.87. The molecule has 188 valence electrons. The topological polar surface area (TPSA) is 93.7 Å². The largest absolute Gasteiger partial charge is 0.449 e. The molecule has 35 heavy (non-hydrogen) atoms. The summed E-state index contributed by atoms with van der Waals surface area (Å²) >= 11 is 3.19. The zero-order valence-corrected chi connectivity index (χ0v) is 22.0. The quantitative estimate of drug-likeness (QED) is 0.302. The van der Waals surface area contributed by atoms with Gasteiger partial charge in [-0.2, -0.15) is 0 Å². The van der Waals surface area contributed by atoms with Gasteiger partial charge in [0.25, 0.3) is 0 Å². The van der Waals surface area contributed by atoms with Crippen LogP contribution in [0.2, 0.25) is 0 Å². The van der Waals surface area contributed by atoms with E-state index in [9.17, 15) is 14.4 Å². The average Bonchev–Trinajstić information content (AvgIpc) is 3.14. The van der Waals surface area contributed by atoms with E-state index in [0.717, 1.165) is 22.3 Å². The van der Waals surface area contributed by atoms with Crippen molar-refractivity contribution < 1.29 is 23.9 Å². The lowest BCUT2D eigenvalue weighted by molar-refractivity contribution is -0.118. The van der Waals surface area contributed by atoms with E-state index in [1.54, 1.807) is 20.8 Å². The van der Waals surface area contributed by atoms with Crippen LogP contribution < -0.4 is 10.6 Å². The third-order valence-corrected chi connectivity index (χ3v) is 6.30. The van der Waals surface area contributed by atoms with Crippen LogP contribution >= 0.6 is 15.9 Å². The Balaban J connectivity index is 1.49. The summed E-state index contributed by atoms with van der Waals surface area (Å²) in [7, 11) is 0. The molecule has 0 saturated heterocycles. The normalized spacial score (nSPS) is 13.4. The first-order valence-corrected chi connectivity index (χ1v) is 13.0. The molecular formula is C27H33BrN2O5. The van der Waals surface area contributed by atoms with Gasteiger partial charge in [-0.3, -0.25) is 4.79 Å². The molecule has 7 nitrogen and oxygen atoms in total. The highest BCUT2D eigenvalue weighted by Crippen LogP contribution is 2.44. The second-order valence-electron chi connectivity index (χ2n) is 9.55. The molecule has 0 saturated carbocycles. The lowest BCUT2D eigenvalue weighted by Crippen LogP contribution is -2.42. The molecule has 0 bridgehead atoms. The Morgan fingerprint density at radius 2 is 1.54 bits per heavy atom. The summed E-state index contributed by atoms with van der Waals surface area (Å²) in [5.41, 5.74) is 4.03. The van der Waals surface area contributed by atoms with E-state index in [-0.39, 0.29) is 23.6 Å². The van der Waals surface area contributed by atoms with Gasteiger partial charge in [0.1, 0.15) is 12.2 Å². The maximum Gasteiger partial charge on any atom is 0.407 e. The molecule has 0 fully saturated rings. The van der Waals surface area contributed by atoms with Gasteiger partial charge in [0.05, 0.1) is 11.4 Å².